The molecule has 0 saturated carbocycles. The van der Waals surface area contributed by atoms with E-state index in [0.29, 0.717) is 0 Å². The van der Waals surface area contributed by atoms with Gasteiger partial charge in [-0.05, 0) is 18.8 Å². The standard InChI is InChI=1S/C17H17F5O5/c1-7(6-8-16(24)27-17(2,3)26-8)4-5-9(23)25-15-13(21)11(19)10(18)12(20)14(15)22/h7-8H,4-6H2,1-3H3/t7?,8-/m0/s1. The van der Waals surface area contributed by atoms with Gasteiger partial charge in [-0.15, -0.1) is 0 Å². The summed E-state index contributed by atoms with van der Waals surface area (Å²) in [6, 6.07) is 0. The minimum absolute atomic E-state index is 0.127. The molecule has 2 atom stereocenters. The van der Waals surface area contributed by atoms with Crippen LogP contribution in [0.15, 0.2) is 0 Å². The zero-order chi connectivity index (χ0) is 20.5. The van der Waals surface area contributed by atoms with E-state index in [0.717, 1.165) is 0 Å². The third-order valence-electron chi connectivity index (χ3n) is 3.88. The van der Waals surface area contributed by atoms with Crippen LogP contribution < -0.4 is 4.74 Å². The topological polar surface area (TPSA) is 61.8 Å². The van der Waals surface area contributed by atoms with Gasteiger partial charge >= 0.3 is 11.9 Å². The van der Waals surface area contributed by atoms with Crippen molar-refractivity contribution in [2.24, 2.45) is 5.92 Å². The Balaban J connectivity index is 1.93. The van der Waals surface area contributed by atoms with E-state index >= 15 is 0 Å². The number of hydrogen-bond acceptors (Lipinski definition) is 5. The number of benzene rings is 1. The maximum absolute atomic E-state index is 13.5. The molecule has 1 aromatic carbocycles. The van der Waals surface area contributed by atoms with Gasteiger partial charge in [0.2, 0.25) is 40.6 Å². The third-order valence-corrected chi connectivity index (χ3v) is 3.88. The van der Waals surface area contributed by atoms with E-state index in [4.69, 9.17) is 9.47 Å². The average Bonchev–Trinajstić information content (AvgIpc) is 2.84. The van der Waals surface area contributed by atoms with Crippen molar-refractivity contribution in [2.75, 3.05) is 0 Å². The second-order valence-corrected chi connectivity index (χ2v) is 6.68. The van der Waals surface area contributed by atoms with Gasteiger partial charge in [-0.1, -0.05) is 6.92 Å². The van der Waals surface area contributed by atoms with Crippen LogP contribution in [0.25, 0.3) is 0 Å². The van der Waals surface area contributed by atoms with Crippen LogP contribution in [0.3, 0.4) is 0 Å². The minimum atomic E-state index is -2.34. The van der Waals surface area contributed by atoms with Crippen molar-refractivity contribution in [3.05, 3.63) is 29.1 Å². The van der Waals surface area contributed by atoms with Gasteiger partial charge in [0.1, 0.15) is 0 Å². The Hall–Kier alpha value is -2.23. The quantitative estimate of drug-likeness (QED) is 0.241. The van der Waals surface area contributed by atoms with Crippen molar-refractivity contribution in [2.45, 2.75) is 51.9 Å². The number of ether oxygens (including phenoxy) is 3. The Labute approximate surface area is 151 Å². The van der Waals surface area contributed by atoms with Gasteiger partial charge in [0.05, 0.1) is 0 Å². The largest absolute Gasteiger partial charge is 0.432 e. The molecule has 0 radical (unpaired) electrons. The highest BCUT2D eigenvalue weighted by Crippen LogP contribution is 2.31. The predicted octanol–water partition coefficient (Wildman–Crippen LogP) is 3.77. The van der Waals surface area contributed by atoms with Crippen LogP contribution in [0.4, 0.5) is 22.0 Å². The van der Waals surface area contributed by atoms with Crippen LogP contribution in [0, 0.1) is 35.0 Å². The molecule has 5 nitrogen and oxygen atoms in total. The molecule has 1 heterocycles. The summed E-state index contributed by atoms with van der Waals surface area (Å²) < 4.78 is 80.8. The lowest BCUT2D eigenvalue weighted by Gasteiger charge is -2.17. The Kier molecular flexibility index (Phi) is 6.08. The Morgan fingerprint density at radius 2 is 1.59 bits per heavy atom. The Morgan fingerprint density at radius 1 is 1.07 bits per heavy atom. The first-order valence-corrected chi connectivity index (χ1v) is 8.05. The van der Waals surface area contributed by atoms with Gasteiger partial charge in [-0.2, -0.15) is 8.78 Å². The van der Waals surface area contributed by atoms with Crippen LogP contribution in [0.2, 0.25) is 0 Å². The maximum Gasteiger partial charge on any atom is 0.337 e. The summed E-state index contributed by atoms with van der Waals surface area (Å²) >= 11 is 0. The number of esters is 2. The molecule has 0 aromatic heterocycles. The molecular weight excluding hydrogens is 379 g/mol. The fourth-order valence-electron chi connectivity index (χ4n) is 2.55. The molecule has 0 aliphatic carbocycles. The van der Waals surface area contributed by atoms with E-state index in [9.17, 15) is 31.5 Å². The molecule has 1 aliphatic rings. The first-order valence-electron chi connectivity index (χ1n) is 8.05. The molecule has 10 heteroatoms. The van der Waals surface area contributed by atoms with E-state index < -0.39 is 58.7 Å². The minimum Gasteiger partial charge on any atom is -0.432 e. The fourth-order valence-corrected chi connectivity index (χ4v) is 2.55. The van der Waals surface area contributed by atoms with Gasteiger partial charge < -0.3 is 14.2 Å². The van der Waals surface area contributed by atoms with E-state index in [1.807, 2.05) is 0 Å². The molecule has 1 unspecified atom stereocenters. The first kappa shape index (κ1) is 21.1. The Bertz CT molecular complexity index is 736. The van der Waals surface area contributed by atoms with Crippen LogP contribution in [-0.4, -0.2) is 23.8 Å². The summed E-state index contributed by atoms with van der Waals surface area (Å²) in [5, 5.41) is 0. The van der Waals surface area contributed by atoms with Crippen molar-refractivity contribution >= 4 is 11.9 Å². The van der Waals surface area contributed by atoms with Crippen molar-refractivity contribution in [3.63, 3.8) is 0 Å². The summed E-state index contributed by atoms with van der Waals surface area (Å²) in [7, 11) is 0. The van der Waals surface area contributed by atoms with Crippen LogP contribution >= 0.6 is 0 Å². The maximum atomic E-state index is 13.5. The van der Waals surface area contributed by atoms with E-state index in [-0.39, 0.29) is 25.2 Å². The van der Waals surface area contributed by atoms with Crippen molar-refractivity contribution < 1.29 is 45.8 Å². The van der Waals surface area contributed by atoms with E-state index in [1.54, 1.807) is 20.8 Å². The molecule has 1 saturated heterocycles. The third kappa shape index (κ3) is 4.74. The molecule has 1 aliphatic heterocycles. The second-order valence-electron chi connectivity index (χ2n) is 6.68. The number of halogens is 5. The number of cyclic esters (lactones) is 1. The molecular formula is C17H17F5O5. The molecule has 2 rings (SSSR count). The van der Waals surface area contributed by atoms with Crippen LogP contribution in [-0.2, 0) is 19.1 Å². The molecule has 0 spiro atoms. The van der Waals surface area contributed by atoms with Gasteiger partial charge in [0.15, 0.2) is 6.10 Å². The van der Waals surface area contributed by atoms with Gasteiger partial charge in [0, 0.05) is 20.3 Å². The molecule has 27 heavy (non-hydrogen) atoms. The molecule has 1 fully saturated rings. The molecule has 0 N–H and O–H groups in total. The molecule has 0 bridgehead atoms. The first-order chi connectivity index (χ1) is 12.4. The second kappa shape index (κ2) is 7.79. The van der Waals surface area contributed by atoms with Crippen molar-refractivity contribution in [3.8, 4) is 5.75 Å². The summed E-state index contributed by atoms with van der Waals surface area (Å²) in [5.74, 6) is -15.9. The van der Waals surface area contributed by atoms with Gasteiger partial charge in [-0.3, -0.25) is 4.79 Å². The number of hydrogen-bond donors (Lipinski definition) is 0. The fraction of sp³-hybridized carbons (Fsp3) is 0.529. The number of carbonyl (C=O) groups excluding carboxylic acids is 2. The normalized spacial score (nSPS) is 19.7. The van der Waals surface area contributed by atoms with Crippen LogP contribution in [0.1, 0.15) is 40.0 Å². The lowest BCUT2D eigenvalue weighted by molar-refractivity contribution is -0.161. The Morgan fingerprint density at radius 3 is 2.07 bits per heavy atom. The monoisotopic (exact) mass is 396 g/mol. The zero-order valence-corrected chi connectivity index (χ0v) is 14.7. The number of rotatable bonds is 6. The lowest BCUT2D eigenvalue weighted by atomic mass is 9.98. The summed E-state index contributed by atoms with van der Waals surface area (Å²) in [4.78, 5) is 23.4. The smallest absolute Gasteiger partial charge is 0.337 e. The average molecular weight is 396 g/mol. The summed E-state index contributed by atoms with van der Waals surface area (Å²) in [6.07, 6.45) is -0.840. The molecule has 150 valence electrons. The van der Waals surface area contributed by atoms with E-state index in [1.165, 1.54) is 0 Å². The molecule has 0 amide bonds. The van der Waals surface area contributed by atoms with Gasteiger partial charge in [-0.25, -0.2) is 18.0 Å². The highest BCUT2D eigenvalue weighted by atomic mass is 19.2. The highest BCUT2D eigenvalue weighted by molar-refractivity contribution is 5.76. The van der Waals surface area contributed by atoms with Crippen molar-refractivity contribution in [1.29, 1.82) is 0 Å². The predicted molar refractivity (Wildman–Crippen MR) is 79.9 cm³/mol. The number of carbonyl (C=O) groups is 2. The lowest BCUT2D eigenvalue weighted by Crippen LogP contribution is -2.23. The summed E-state index contributed by atoms with van der Waals surface area (Å²) in [5.41, 5.74) is 0. The molecule has 1 aromatic rings. The van der Waals surface area contributed by atoms with Gasteiger partial charge in [0.25, 0.3) is 0 Å². The van der Waals surface area contributed by atoms with Crippen molar-refractivity contribution in [1.82, 2.24) is 0 Å². The SMILES string of the molecule is CC(CCC(=O)Oc1c(F)c(F)c(F)c(F)c1F)C[C@@H]1OC(C)(C)OC1=O. The zero-order valence-electron chi connectivity index (χ0n) is 14.7. The van der Waals surface area contributed by atoms with Crippen LogP contribution in [0.5, 0.6) is 5.75 Å². The van der Waals surface area contributed by atoms with E-state index in [2.05, 4.69) is 4.74 Å². The highest BCUT2D eigenvalue weighted by Gasteiger charge is 2.41. The summed E-state index contributed by atoms with van der Waals surface area (Å²) in [6.45, 7) is 4.82.